The van der Waals surface area contributed by atoms with Gasteiger partial charge in [0.1, 0.15) is 12.4 Å². The van der Waals surface area contributed by atoms with E-state index in [9.17, 15) is 0 Å². The summed E-state index contributed by atoms with van der Waals surface area (Å²) in [5.74, 6) is 0. The van der Waals surface area contributed by atoms with Crippen LogP contribution >= 0.6 is 0 Å². The number of rotatable bonds is 1. The lowest BCUT2D eigenvalue weighted by molar-refractivity contribution is 0.898. The summed E-state index contributed by atoms with van der Waals surface area (Å²) in [6.45, 7) is 0. The van der Waals surface area contributed by atoms with Gasteiger partial charge in [0.25, 0.3) is 0 Å². The summed E-state index contributed by atoms with van der Waals surface area (Å²) in [5, 5.41) is 8.36. The van der Waals surface area contributed by atoms with Crippen LogP contribution in [0.2, 0.25) is 0 Å². The fraction of sp³-hybridized carbons (Fsp3) is 0.167. The number of nitriles is 1. The standard InChI is InChI=1S/C6H6N4/c7-1-6(8)5-2-9-4-10-3-5/h2-4,6H,8H2. The number of aromatic nitrogens is 2. The first-order chi connectivity index (χ1) is 4.84. The van der Waals surface area contributed by atoms with E-state index in [0.717, 1.165) is 0 Å². The molecular formula is C6H6N4. The van der Waals surface area contributed by atoms with Gasteiger partial charge in [0.05, 0.1) is 6.07 Å². The zero-order chi connectivity index (χ0) is 7.40. The van der Waals surface area contributed by atoms with Crippen molar-refractivity contribution in [3.63, 3.8) is 0 Å². The topological polar surface area (TPSA) is 75.6 Å². The third-order valence-corrected chi connectivity index (χ3v) is 1.08. The van der Waals surface area contributed by atoms with Crippen LogP contribution in [0.5, 0.6) is 0 Å². The highest BCUT2D eigenvalue weighted by molar-refractivity contribution is 5.15. The average Bonchev–Trinajstić information content (AvgIpc) is 2.05. The lowest BCUT2D eigenvalue weighted by Gasteiger charge is -1.97. The van der Waals surface area contributed by atoms with Crippen molar-refractivity contribution in [2.75, 3.05) is 0 Å². The first-order valence-corrected chi connectivity index (χ1v) is 2.74. The van der Waals surface area contributed by atoms with Gasteiger partial charge in [-0.1, -0.05) is 0 Å². The molecular weight excluding hydrogens is 128 g/mol. The SMILES string of the molecule is N#CC(N)c1cncnc1. The van der Waals surface area contributed by atoms with Crippen molar-refractivity contribution in [3.8, 4) is 6.07 Å². The molecule has 0 saturated heterocycles. The van der Waals surface area contributed by atoms with Gasteiger partial charge < -0.3 is 5.73 Å². The summed E-state index contributed by atoms with van der Waals surface area (Å²) in [4.78, 5) is 7.42. The minimum Gasteiger partial charge on any atom is -0.312 e. The van der Waals surface area contributed by atoms with E-state index in [1.807, 2.05) is 6.07 Å². The molecule has 1 heterocycles. The fourth-order valence-corrected chi connectivity index (χ4v) is 0.546. The second-order valence-electron chi connectivity index (χ2n) is 1.78. The van der Waals surface area contributed by atoms with Crippen molar-refractivity contribution in [1.82, 2.24) is 9.97 Å². The Balaban J connectivity index is 2.88. The quantitative estimate of drug-likeness (QED) is 0.586. The Hall–Kier alpha value is -1.47. The van der Waals surface area contributed by atoms with E-state index in [0.29, 0.717) is 5.56 Å². The summed E-state index contributed by atoms with van der Waals surface area (Å²) in [7, 11) is 0. The normalized spacial score (nSPS) is 12.0. The van der Waals surface area contributed by atoms with Crippen molar-refractivity contribution in [2.24, 2.45) is 5.73 Å². The first kappa shape index (κ1) is 6.65. The first-order valence-electron chi connectivity index (χ1n) is 2.74. The molecule has 0 radical (unpaired) electrons. The molecule has 0 aliphatic rings. The fourth-order valence-electron chi connectivity index (χ4n) is 0.546. The molecule has 10 heavy (non-hydrogen) atoms. The molecule has 1 atom stereocenters. The molecule has 0 aliphatic heterocycles. The molecule has 1 rings (SSSR count). The van der Waals surface area contributed by atoms with E-state index >= 15 is 0 Å². The van der Waals surface area contributed by atoms with Gasteiger partial charge in [0, 0.05) is 18.0 Å². The summed E-state index contributed by atoms with van der Waals surface area (Å²) in [6, 6.07) is 1.27. The van der Waals surface area contributed by atoms with E-state index in [-0.39, 0.29) is 0 Å². The molecule has 0 aromatic carbocycles. The van der Waals surface area contributed by atoms with Crippen LogP contribution in [0.25, 0.3) is 0 Å². The van der Waals surface area contributed by atoms with Gasteiger partial charge in [-0.2, -0.15) is 5.26 Å². The van der Waals surface area contributed by atoms with Crippen molar-refractivity contribution >= 4 is 0 Å². The number of nitrogens with zero attached hydrogens (tertiary/aromatic N) is 3. The van der Waals surface area contributed by atoms with Gasteiger partial charge >= 0.3 is 0 Å². The molecule has 1 aromatic rings. The Labute approximate surface area is 58.3 Å². The Morgan fingerprint density at radius 2 is 2.10 bits per heavy atom. The molecule has 0 fully saturated rings. The molecule has 50 valence electrons. The third-order valence-electron chi connectivity index (χ3n) is 1.08. The average molecular weight is 134 g/mol. The lowest BCUT2D eigenvalue weighted by Crippen LogP contribution is -2.07. The minimum atomic E-state index is -0.610. The van der Waals surface area contributed by atoms with Gasteiger partial charge in [-0.05, 0) is 0 Å². The molecule has 0 amide bonds. The molecule has 1 aromatic heterocycles. The van der Waals surface area contributed by atoms with Crippen LogP contribution in [0.1, 0.15) is 11.6 Å². The van der Waals surface area contributed by atoms with Crippen LogP contribution in [0.3, 0.4) is 0 Å². The molecule has 0 saturated carbocycles. The zero-order valence-electron chi connectivity index (χ0n) is 5.23. The van der Waals surface area contributed by atoms with E-state index < -0.39 is 6.04 Å². The van der Waals surface area contributed by atoms with Crippen LogP contribution in [-0.4, -0.2) is 9.97 Å². The zero-order valence-corrected chi connectivity index (χ0v) is 5.23. The summed E-state index contributed by atoms with van der Waals surface area (Å²) in [6.07, 6.45) is 4.45. The van der Waals surface area contributed by atoms with Gasteiger partial charge in [-0.15, -0.1) is 0 Å². The number of hydrogen-bond acceptors (Lipinski definition) is 4. The van der Waals surface area contributed by atoms with E-state index in [1.165, 1.54) is 18.7 Å². The van der Waals surface area contributed by atoms with Crippen molar-refractivity contribution < 1.29 is 0 Å². The molecule has 4 nitrogen and oxygen atoms in total. The smallest absolute Gasteiger partial charge is 0.121 e. The largest absolute Gasteiger partial charge is 0.312 e. The number of hydrogen-bond donors (Lipinski definition) is 1. The van der Waals surface area contributed by atoms with Crippen molar-refractivity contribution in [1.29, 1.82) is 5.26 Å². The predicted octanol–water partition coefficient (Wildman–Crippen LogP) is -0.0000200. The highest BCUT2D eigenvalue weighted by Crippen LogP contribution is 2.03. The maximum atomic E-state index is 8.36. The van der Waals surface area contributed by atoms with Gasteiger partial charge in [-0.3, -0.25) is 0 Å². The molecule has 1 unspecified atom stereocenters. The summed E-state index contributed by atoms with van der Waals surface area (Å²) >= 11 is 0. The van der Waals surface area contributed by atoms with Gasteiger partial charge in [0.2, 0.25) is 0 Å². The van der Waals surface area contributed by atoms with Crippen LogP contribution in [0.15, 0.2) is 18.7 Å². The van der Waals surface area contributed by atoms with Gasteiger partial charge in [0.15, 0.2) is 0 Å². The van der Waals surface area contributed by atoms with E-state index in [4.69, 9.17) is 11.0 Å². The molecule has 0 spiro atoms. The Morgan fingerprint density at radius 3 is 2.60 bits per heavy atom. The maximum absolute atomic E-state index is 8.36. The van der Waals surface area contributed by atoms with Crippen LogP contribution in [0.4, 0.5) is 0 Å². The Morgan fingerprint density at radius 1 is 1.50 bits per heavy atom. The molecule has 2 N–H and O–H groups in total. The second kappa shape index (κ2) is 2.90. The van der Waals surface area contributed by atoms with Crippen LogP contribution in [0, 0.1) is 11.3 Å². The summed E-state index contributed by atoms with van der Waals surface area (Å²) in [5.41, 5.74) is 6.00. The lowest BCUT2D eigenvalue weighted by atomic mass is 10.2. The van der Waals surface area contributed by atoms with Crippen molar-refractivity contribution in [2.45, 2.75) is 6.04 Å². The summed E-state index contributed by atoms with van der Waals surface area (Å²) < 4.78 is 0. The maximum Gasteiger partial charge on any atom is 0.121 e. The van der Waals surface area contributed by atoms with Gasteiger partial charge in [-0.25, -0.2) is 9.97 Å². The molecule has 4 heteroatoms. The monoisotopic (exact) mass is 134 g/mol. The highest BCUT2D eigenvalue weighted by Gasteiger charge is 2.01. The molecule has 0 aliphatic carbocycles. The number of nitrogens with two attached hydrogens (primary N) is 1. The van der Waals surface area contributed by atoms with Crippen LogP contribution < -0.4 is 5.73 Å². The van der Waals surface area contributed by atoms with E-state index in [1.54, 1.807) is 0 Å². The van der Waals surface area contributed by atoms with E-state index in [2.05, 4.69) is 9.97 Å². The minimum absolute atomic E-state index is 0.610. The van der Waals surface area contributed by atoms with Crippen molar-refractivity contribution in [3.05, 3.63) is 24.3 Å². The highest BCUT2D eigenvalue weighted by atomic mass is 14.8. The molecule has 0 bridgehead atoms. The second-order valence-corrected chi connectivity index (χ2v) is 1.78. The Kier molecular flexibility index (Phi) is 1.92. The predicted molar refractivity (Wildman–Crippen MR) is 34.6 cm³/mol. The third kappa shape index (κ3) is 1.27. The Bertz CT molecular complexity index is 238. The van der Waals surface area contributed by atoms with Crippen LogP contribution in [-0.2, 0) is 0 Å².